The zero-order valence-corrected chi connectivity index (χ0v) is 11.6. The average Bonchev–Trinajstić information content (AvgIpc) is 2.51. The summed E-state index contributed by atoms with van der Waals surface area (Å²) in [5.41, 5.74) is 1.78. The molecule has 1 aliphatic rings. The Labute approximate surface area is 122 Å². The van der Waals surface area contributed by atoms with E-state index >= 15 is 0 Å². The van der Waals surface area contributed by atoms with Gasteiger partial charge >= 0.3 is 0 Å². The number of nitrogens with zero attached hydrogens (tertiary/aromatic N) is 2. The molecule has 0 unspecified atom stereocenters. The van der Waals surface area contributed by atoms with Gasteiger partial charge in [-0.25, -0.2) is 9.97 Å². The van der Waals surface area contributed by atoms with Crippen LogP contribution >= 0.6 is 11.6 Å². The van der Waals surface area contributed by atoms with Crippen molar-refractivity contribution >= 4 is 23.0 Å². The smallest absolute Gasteiger partial charge is 0.158 e. The minimum atomic E-state index is -0.0617. The van der Waals surface area contributed by atoms with Crippen molar-refractivity contribution in [2.45, 2.75) is 6.10 Å². The van der Waals surface area contributed by atoms with Gasteiger partial charge in [0.1, 0.15) is 6.10 Å². The van der Waals surface area contributed by atoms with E-state index in [0.29, 0.717) is 17.5 Å². The van der Waals surface area contributed by atoms with Crippen molar-refractivity contribution in [3.8, 4) is 0 Å². The number of hydrogen-bond donors (Lipinski definition) is 2. The maximum Gasteiger partial charge on any atom is 0.158 e. The number of rotatable bonds is 3. The minimum Gasteiger partial charge on any atom is -0.368 e. The summed E-state index contributed by atoms with van der Waals surface area (Å²) in [7, 11) is 0. The zero-order valence-electron chi connectivity index (χ0n) is 10.8. The standard InChI is InChI=1S/C14H15ClN4O/c15-10-1-3-11(4-2-10)19-12-7-17-14(18-8-12)13-9-16-5-6-20-13/h1-4,7-8,13,16,19H,5-6,9H2/t13-/m1/s1. The Morgan fingerprint density at radius 3 is 2.55 bits per heavy atom. The second-order valence-electron chi connectivity index (χ2n) is 4.53. The van der Waals surface area contributed by atoms with Gasteiger partial charge in [0, 0.05) is 23.8 Å². The Hall–Kier alpha value is -1.69. The molecule has 0 aliphatic carbocycles. The number of nitrogens with one attached hydrogen (secondary N) is 2. The molecule has 20 heavy (non-hydrogen) atoms. The number of ether oxygens (including phenoxy) is 1. The topological polar surface area (TPSA) is 59.1 Å². The predicted molar refractivity (Wildman–Crippen MR) is 78.3 cm³/mol. The Morgan fingerprint density at radius 1 is 1.15 bits per heavy atom. The lowest BCUT2D eigenvalue weighted by atomic mass is 10.3. The summed E-state index contributed by atoms with van der Waals surface area (Å²) < 4.78 is 5.61. The van der Waals surface area contributed by atoms with Crippen LogP contribution in [0.3, 0.4) is 0 Å². The third-order valence-corrected chi connectivity index (χ3v) is 3.27. The van der Waals surface area contributed by atoms with Crippen molar-refractivity contribution in [2.75, 3.05) is 25.0 Å². The van der Waals surface area contributed by atoms with Crippen molar-refractivity contribution < 1.29 is 4.74 Å². The highest BCUT2D eigenvalue weighted by Crippen LogP contribution is 2.19. The summed E-state index contributed by atoms with van der Waals surface area (Å²) in [4.78, 5) is 8.70. The fourth-order valence-electron chi connectivity index (χ4n) is 2.00. The lowest BCUT2D eigenvalue weighted by Gasteiger charge is -2.22. The highest BCUT2D eigenvalue weighted by molar-refractivity contribution is 6.30. The summed E-state index contributed by atoms with van der Waals surface area (Å²) in [6.45, 7) is 2.33. The first kappa shape index (κ1) is 13.3. The van der Waals surface area contributed by atoms with E-state index in [2.05, 4.69) is 20.6 Å². The number of benzene rings is 1. The average molecular weight is 291 g/mol. The van der Waals surface area contributed by atoms with Gasteiger partial charge in [-0.05, 0) is 24.3 Å². The number of anilines is 2. The van der Waals surface area contributed by atoms with Crippen molar-refractivity contribution in [1.29, 1.82) is 0 Å². The molecule has 1 aromatic heterocycles. The zero-order chi connectivity index (χ0) is 13.8. The van der Waals surface area contributed by atoms with Crippen LogP contribution in [0.15, 0.2) is 36.7 Å². The highest BCUT2D eigenvalue weighted by atomic mass is 35.5. The van der Waals surface area contributed by atoms with Gasteiger partial charge in [-0.2, -0.15) is 0 Å². The van der Waals surface area contributed by atoms with Gasteiger partial charge in [0.2, 0.25) is 0 Å². The molecule has 2 aromatic rings. The molecule has 0 spiro atoms. The molecule has 3 rings (SSSR count). The number of hydrogen-bond acceptors (Lipinski definition) is 5. The van der Waals surface area contributed by atoms with Crippen molar-refractivity contribution in [3.05, 3.63) is 47.5 Å². The molecule has 6 heteroatoms. The van der Waals surface area contributed by atoms with Crippen LogP contribution in [-0.2, 0) is 4.74 Å². The Morgan fingerprint density at radius 2 is 1.90 bits per heavy atom. The summed E-state index contributed by atoms with van der Waals surface area (Å²) in [5, 5.41) is 7.19. The van der Waals surface area contributed by atoms with Crippen LogP contribution < -0.4 is 10.6 Å². The van der Waals surface area contributed by atoms with Gasteiger partial charge < -0.3 is 15.4 Å². The van der Waals surface area contributed by atoms with Crippen molar-refractivity contribution in [1.82, 2.24) is 15.3 Å². The summed E-state index contributed by atoms with van der Waals surface area (Å²) in [6, 6.07) is 7.48. The first-order chi connectivity index (χ1) is 9.81. The van der Waals surface area contributed by atoms with Gasteiger partial charge in [-0.1, -0.05) is 11.6 Å². The largest absolute Gasteiger partial charge is 0.368 e. The first-order valence-corrected chi connectivity index (χ1v) is 6.86. The van der Waals surface area contributed by atoms with Gasteiger partial charge in [-0.3, -0.25) is 0 Å². The molecule has 1 fully saturated rings. The predicted octanol–water partition coefficient (Wildman–Crippen LogP) is 2.53. The van der Waals surface area contributed by atoms with Crippen LogP contribution in [0.5, 0.6) is 0 Å². The molecule has 0 bridgehead atoms. The maximum atomic E-state index is 5.85. The normalized spacial score (nSPS) is 18.8. The van der Waals surface area contributed by atoms with Gasteiger partial charge in [-0.15, -0.1) is 0 Å². The van der Waals surface area contributed by atoms with Crippen LogP contribution in [-0.4, -0.2) is 29.7 Å². The Bertz CT molecular complexity index is 552. The molecule has 1 atom stereocenters. The maximum absolute atomic E-state index is 5.85. The Kier molecular flexibility index (Phi) is 4.11. The lowest BCUT2D eigenvalue weighted by molar-refractivity contribution is 0.0221. The molecular formula is C14H15ClN4O. The fourth-order valence-corrected chi connectivity index (χ4v) is 2.13. The number of morpholine rings is 1. The summed E-state index contributed by atoms with van der Waals surface area (Å²) in [5.74, 6) is 0.707. The van der Waals surface area contributed by atoms with Gasteiger partial charge in [0.15, 0.2) is 5.82 Å². The second kappa shape index (κ2) is 6.17. The molecule has 104 valence electrons. The Balaban J connectivity index is 1.67. The van der Waals surface area contributed by atoms with E-state index in [1.54, 1.807) is 12.4 Å². The van der Waals surface area contributed by atoms with Crippen molar-refractivity contribution in [2.24, 2.45) is 0 Å². The van der Waals surface area contributed by atoms with Gasteiger partial charge in [0.25, 0.3) is 0 Å². The summed E-state index contributed by atoms with van der Waals surface area (Å²) in [6.07, 6.45) is 3.46. The molecule has 1 aliphatic heterocycles. The fraction of sp³-hybridized carbons (Fsp3) is 0.286. The molecule has 0 radical (unpaired) electrons. The minimum absolute atomic E-state index is 0.0617. The highest BCUT2D eigenvalue weighted by Gasteiger charge is 2.17. The van der Waals surface area contributed by atoms with E-state index in [0.717, 1.165) is 24.5 Å². The van der Waals surface area contributed by atoms with E-state index in [1.807, 2.05) is 24.3 Å². The quantitative estimate of drug-likeness (QED) is 0.910. The van der Waals surface area contributed by atoms with Gasteiger partial charge in [0.05, 0.1) is 24.7 Å². The molecular weight excluding hydrogens is 276 g/mol. The van der Waals surface area contributed by atoms with E-state index in [9.17, 15) is 0 Å². The molecule has 2 heterocycles. The monoisotopic (exact) mass is 290 g/mol. The molecule has 1 aromatic carbocycles. The molecule has 5 nitrogen and oxygen atoms in total. The molecule has 0 amide bonds. The van der Waals surface area contributed by atoms with Crippen LogP contribution in [0.2, 0.25) is 5.02 Å². The molecule has 0 saturated carbocycles. The molecule has 1 saturated heterocycles. The SMILES string of the molecule is Clc1ccc(Nc2cnc([C@H]3CNCCO3)nc2)cc1. The first-order valence-electron chi connectivity index (χ1n) is 6.48. The summed E-state index contributed by atoms with van der Waals surface area (Å²) >= 11 is 5.85. The van der Waals surface area contributed by atoms with E-state index in [4.69, 9.17) is 16.3 Å². The van der Waals surface area contributed by atoms with E-state index in [1.165, 1.54) is 0 Å². The third-order valence-electron chi connectivity index (χ3n) is 3.02. The second-order valence-corrected chi connectivity index (χ2v) is 4.96. The van der Waals surface area contributed by atoms with Crippen LogP contribution in [0.4, 0.5) is 11.4 Å². The third kappa shape index (κ3) is 3.25. The van der Waals surface area contributed by atoms with Crippen LogP contribution in [0.25, 0.3) is 0 Å². The number of aromatic nitrogens is 2. The van der Waals surface area contributed by atoms with Crippen molar-refractivity contribution in [3.63, 3.8) is 0 Å². The van der Waals surface area contributed by atoms with Crippen LogP contribution in [0, 0.1) is 0 Å². The van der Waals surface area contributed by atoms with E-state index < -0.39 is 0 Å². The molecule has 2 N–H and O–H groups in total. The number of halogens is 1. The van der Waals surface area contributed by atoms with Crippen LogP contribution in [0.1, 0.15) is 11.9 Å². The lowest BCUT2D eigenvalue weighted by Crippen LogP contribution is -2.34. The van der Waals surface area contributed by atoms with E-state index in [-0.39, 0.29) is 6.10 Å².